The number of para-hydroxylation sites is 1. The van der Waals surface area contributed by atoms with E-state index in [0.29, 0.717) is 12.0 Å². The molecule has 0 atom stereocenters. The first-order valence-corrected chi connectivity index (χ1v) is 8.40. The van der Waals surface area contributed by atoms with Crippen molar-refractivity contribution >= 4 is 34.7 Å². The van der Waals surface area contributed by atoms with Gasteiger partial charge in [0.05, 0.1) is 15.4 Å². The van der Waals surface area contributed by atoms with E-state index in [1.54, 1.807) is 18.2 Å². The van der Waals surface area contributed by atoms with Gasteiger partial charge in [0.25, 0.3) is 16.8 Å². The van der Waals surface area contributed by atoms with Crippen LogP contribution in [0.15, 0.2) is 59.5 Å². The Morgan fingerprint density at radius 2 is 1.72 bits per heavy atom. The van der Waals surface area contributed by atoms with Gasteiger partial charge in [-0.05, 0) is 35.9 Å². The predicted octanol–water partition coefficient (Wildman–Crippen LogP) is 3.87. The van der Waals surface area contributed by atoms with Gasteiger partial charge in [0.1, 0.15) is 0 Å². The molecule has 0 bridgehead atoms. The van der Waals surface area contributed by atoms with Gasteiger partial charge in [0, 0.05) is 12.6 Å². The summed E-state index contributed by atoms with van der Waals surface area (Å²) in [7, 11) is 0. The van der Waals surface area contributed by atoms with E-state index in [1.165, 1.54) is 17.0 Å². The SMILES string of the molecule is O=C1S/C(=C/c2ccccc2[N+](=O)[O-])C(=O)N1CCc1ccccc1. The van der Waals surface area contributed by atoms with Crippen molar-refractivity contribution in [3.05, 3.63) is 80.7 Å². The number of nitrogens with zero attached hydrogens (tertiary/aromatic N) is 2. The first kappa shape index (κ1) is 16.9. The number of hydrogen-bond acceptors (Lipinski definition) is 5. The number of nitro benzene ring substituents is 1. The molecule has 6 nitrogen and oxygen atoms in total. The molecule has 0 N–H and O–H groups in total. The van der Waals surface area contributed by atoms with Crippen molar-refractivity contribution in [2.75, 3.05) is 6.54 Å². The molecule has 0 aliphatic carbocycles. The van der Waals surface area contributed by atoms with Crippen LogP contribution in [0.5, 0.6) is 0 Å². The van der Waals surface area contributed by atoms with Crippen LogP contribution in [0, 0.1) is 10.1 Å². The Labute approximate surface area is 148 Å². The lowest BCUT2D eigenvalue weighted by atomic mass is 10.1. The summed E-state index contributed by atoms with van der Waals surface area (Å²) in [5, 5.41) is 10.7. The zero-order valence-corrected chi connectivity index (χ0v) is 13.9. The van der Waals surface area contributed by atoms with Gasteiger partial charge in [-0.25, -0.2) is 0 Å². The topological polar surface area (TPSA) is 80.5 Å². The number of carbonyl (C=O) groups is 2. The Bertz CT molecular complexity index is 864. The van der Waals surface area contributed by atoms with Gasteiger partial charge in [-0.2, -0.15) is 0 Å². The summed E-state index contributed by atoms with van der Waals surface area (Å²) in [5.41, 5.74) is 1.24. The second-order valence-corrected chi connectivity index (χ2v) is 6.38. The van der Waals surface area contributed by atoms with Crippen LogP contribution in [0.2, 0.25) is 0 Å². The van der Waals surface area contributed by atoms with E-state index in [-0.39, 0.29) is 22.4 Å². The second-order valence-electron chi connectivity index (χ2n) is 5.38. The Kier molecular flexibility index (Phi) is 4.95. The standard InChI is InChI=1S/C18H14N2O4S/c21-17-16(12-14-8-4-5-9-15(14)20(23)24)25-18(22)19(17)11-10-13-6-2-1-3-7-13/h1-9,12H,10-11H2/b16-12+. The number of nitro groups is 1. The number of amides is 2. The highest BCUT2D eigenvalue weighted by Crippen LogP contribution is 2.33. The molecule has 126 valence electrons. The molecule has 2 aromatic carbocycles. The van der Waals surface area contributed by atoms with E-state index in [4.69, 9.17) is 0 Å². The lowest BCUT2D eigenvalue weighted by Gasteiger charge is -2.12. The van der Waals surface area contributed by atoms with Gasteiger partial charge >= 0.3 is 0 Å². The van der Waals surface area contributed by atoms with Crippen molar-refractivity contribution in [2.45, 2.75) is 6.42 Å². The molecule has 0 aromatic heterocycles. The molecule has 25 heavy (non-hydrogen) atoms. The largest absolute Gasteiger partial charge is 0.293 e. The minimum atomic E-state index is -0.508. The fraction of sp³-hybridized carbons (Fsp3) is 0.111. The molecule has 3 rings (SSSR count). The van der Waals surface area contributed by atoms with Gasteiger partial charge in [-0.3, -0.25) is 24.6 Å². The van der Waals surface area contributed by atoms with Crippen molar-refractivity contribution in [1.29, 1.82) is 0 Å². The summed E-state index contributed by atoms with van der Waals surface area (Å²) in [6, 6.07) is 15.7. The minimum absolute atomic E-state index is 0.0985. The molecular formula is C18H14N2O4S. The van der Waals surface area contributed by atoms with E-state index in [2.05, 4.69) is 0 Å². The van der Waals surface area contributed by atoms with Crippen molar-refractivity contribution in [2.24, 2.45) is 0 Å². The highest BCUT2D eigenvalue weighted by Gasteiger charge is 2.35. The van der Waals surface area contributed by atoms with Crippen LogP contribution in [0.4, 0.5) is 10.5 Å². The van der Waals surface area contributed by atoms with Gasteiger partial charge in [-0.15, -0.1) is 0 Å². The van der Waals surface area contributed by atoms with Crippen LogP contribution in [-0.2, 0) is 11.2 Å². The molecule has 1 aliphatic heterocycles. The first-order valence-electron chi connectivity index (χ1n) is 7.59. The highest BCUT2D eigenvalue weighted by atomic mass is 32.2. The zero-order valence-electron chi connectivity index (χ0n) is 13.1. The third kappa shape index (κ3) is 3.77. The summed E-state index contributed by atoms with van der Waals surface area (Å²) in [6.45, 7) is 0.281. The summed E-state index contributed by atoms with van der Waals surface area (Å²) >= 11 is 0.808. The fourth-order valence-corrected chi connectivity index (χ4v) is 3.35. The maximum absolute atomic E-state index is 12.5. The number of hydrogen-bond donors (Lipinski definition) is 0. The molecule has 1 aliphatic rings. The van der Waals surface area contributed by atoms with E-state index in [1.807, 2.05) is 30.3 Å². The van der Waals surface area contributed by atoms with E-state index in [9.17, 15) is 19.7 Å². The molecule has 0 saturated carbocycles. The predicted molar refractivity (Wildman–Crippen MR) is 95.9 cm³/mol. The molecule has 2 amide bonds. The van der Waals surface area contributed by atoms with Crippen molar-refractivity contribution in [3.8, 4) is 0 Å². The summed E-state index contributed by atoms with van der Waals surface area (Å²) in [4.78, 5) is 36.5. The van der Waals surface area contributed by atoms with E-state index >= 15 is 0 Å². The van der Waals surface area contributed by atoms with Crippen molar-refractivity contribution in [1.82, 2.24) is 4.90 Å². The third-order valence-corrected chi connectivity index (χ3v) is 4.67. The minimum Gasteiger partial charge on any atom is -0.268 e. The zero-order chi connectivity index (χ0) is 17.8. The lowest BCUT2D eigenvalue weighted by Crippen LogP contribution is -2.30. The first-order chi connectivity index (χ1) is 12.1. The summed E-state index contributed by atoms with van der Waals surface area (Å²) < 4.78 is 0. The molecule has 0 spiro atoms. The monoisotopic (exact) mass is 354 g/mol. The molecule has 2 aromatic rings. The van der Waals surface area contributed by atoms with Gasteiger partial charge in [0.15, 0.2) is 0 Å². The van der Waals surface area contributed by atoms with E-state index in [0.717, 1.165) is 17.3 Å². The molecule has 7 heteroatoms. The lowest BCUT2D eigenvalue weighted by molar-refractivity contribution is -0.385. The average molecular weight is 354 g/mol. The average Bonchev–Trinajstić information content (AvgIpc) is 2.88. The Hall–Kier alpha value is -2.93. The van der Waals surface area contributed by atoms with Gasteiger partial charge in [-0.1, -0.05) is 42.5 Å². The Morgan fingerprint density at radius 3 is 2.44 bits per heavy atom. The van der Waals surface area contributed by atoms with Crippen LogP contribution in [0.25, 0.3) is 6.08 Å². The van der Waals surface area contributed by atoms with Crippen LogP contribution in [0.3, 0.4) is 0 Å². The van der Waals surface area contributed by atoms with Gasteiger partial charge in [0.2, 0.25) is 0 Å². The number of imide groups is 1. The maximum atomic E-state index is 12.5. The number of rotatable bonds is 5. The molecule has 1 saturated heterocycles. The Morgan fingerprint density at radius 1 is 1.04 bits per heavy atom. The summed E-state index contributed by atoms with van der Waals surface area (Å²) in [6.07, 6.45) is 1.98. The number of carbonyl (C=O) groups excluding carboxylic acids is 2. The van der Waals surface area contributed by atoms with Crippen LogP contribution in [-0.4, -0.2) is 27.5 Å². The number of thioether (sulfide) groups is 1. The van der Waals surface area contributed by atoms with Crippen LogP contribution < -0.4 is 0 Å². The molecule has 0 unspecified atom stereocenters. The third-order valence-electron chi connectivity index (χ3n) is 3.76. The Balaban J connectivity index is 1.78. The fourth-order valence-electron chi connectivity index (χ4n) is 2.50. The molecular weight excluding hydrogens is 340 g/mol. The maximum Gasteiger partial charge on any atom is 0.293 e. The number of benzene rings is 2. The van der Waals surface area contributed by atoms with Gasteiger partial charge < -0.3 is 0 Å². The molecule has 1 fully saturated rings. The smallest absolute Gasteiger partial charge is 0.268 e. The highest BCUT2D eigenvalue weighted by molar-refractivity contribution is 8.18. The molecule has 1 heterocycles. The van der Waals surface area contributed by atoms with Crippen molar-refractivity contribution in [3.63, 3.8) is 0 Å². The quantitative estimate of drug-likeness (QED) is 0.462. The second kappa shape index (κ2) is 7.31. The van der Waals surface area contributed by atoms with Crippen LogP contribution >= 0.6 is 11.8 Å². The summed E-state index contributed by atoms with van der Waals surface area (Å²) in [5.74, 6) is -0.413. The van der Waals surface area contributed by atoms with Crippen molar-refractivity contribution < 1.29 is 14.5 Å². The van der Waals surface area contributed by atoms with E-state index < -0.39 is 10.8 Å². The van der Waals surface area contributed by atoms with Crippen LogP contribution in [0.1, 0.15) is 11.1 Å². The molecule has 0 radical (unpaired) electrons. The normalized spacial score (nSPS) is 15.8.